The van der Waals surface area contributed by atoms with Crippen LogP contribution in [0, 0.1) is 0 Å². The number of hydrogen-bond acceptors (Lipinski definition) is 5. The molecule has 8 heteroatoms. The van der Waals surface area contributed by atoms with Crippen LogP contribution in [-0.2, 0) is 14.8 Å². The molecule has 2 atom stereocenters. The summed E-state index contributed by atoms with van der Waals surface area (Å²) >= 11 is 0. The van der Waals surface area contributed by atoms with Gasteiger partial charge in [-0.3, -0.25) is 4.79 Å². The van der Waals surface area contributed by atoms with E-state index in [9.17, 15) is 13.2 Å². The largest absolute Gasteiger partial charge is 0.497 e. The van der Waals surface area contributed by atoms with Gasteiger partial charge in [-0.15, -0.1) is 0 Å². The molecule has 0 unspecified atom stereocenters. The van der Waals surface area contributed by atoms with Gasteiger partial charge in [0.1, 0.15) is 11.5 Å². The van der Waals surface area contributed by atoms with Gasteiger partial charge in [0.15, 0.2) is 6.61 Å². The molecule has 0 aromatic heterocycles. The lowest BCUT2D eigenvalue weighted by Crippen LogP contribution is -2.32. The van der Waals surface area contributed by atoms with Crippen molar-refractivity contribution in [2.45, 2.75) is 44.2 Å². The Kier molecular flexibility index (Phi) is 8.04. The van der Waals surface area contributed by atoms with Crippen LogP contribution in [0.1, 0.15) is 38.8 Å². The number of nitrogens with one attached hydrogen (secondary N) is 2. The number of sulfonamides is 1. The first-order valence-corrected chi connectivity index (χ1v) is 10.9. The third-order valence-electron chi connectivity index (χ3n) is 4.47. The third kappa shape index (κ3) is 6.76. The summed E-state index contributed by atoms with van der Waals surface area (Å²) in [6.45, 7) is 5.42. The second-order valence-electron chi connectivity index (χ2n) is 6.75. The summed E-state index contributed by atoms with van der Waals surface area (Å²) in [5.41, 5.74) is 0.947. The summed E-state index contributed by atoms with van der Waals surface area (Å²) in [4.78, 5) is 12.3. The number of carbonyl (C=O) groups excluding carboxylic acids is 1. The topological polar surface area (TPSA) is 93.7 Å². The Hall–Kier alpha value is -2.58. The van der Waals surface area contributed by atoms with Gasteiger partial charge in [0, 0.05) is 6.04 Å². The second-order valence-corrected chi connectivity index (χ2v) is 8.47. The maximum atomic E-state index is 12.3. The van der Waals surface area contributed by atoms with Gasteiger partial charge in [-0.05, 0) is 62.2 Å². The molecule has 0 heterocycles. The van der Waals surface area contributed by atoms with Crippen molar-refractivity contribution in [2.75, 3.05) is 13.7 Å². The van der Waals surface area contributed by atoms with Crippen molar-refractivity contribution >= 4 is 15.9 Å². The van der Waals surface area contributed by atoms with Crippen LogP contribution < -0.4 is 19.5 Å². The van der Waals surface area contributed by atoms with E-state index >= 15 is 0 Å². The Labute approximate surface area is 172 Å². The van der Waals surface area contributed by atoms with Gasteiger partial charge >= 0.3 is 0 Å². The van der Waals surface area contributed by atoms with Crippen molar-refractivity contribution in [1.29, 1.82) is 0 Å². The summed E-state index contributed by atoms with van der Waals surface area (Å²) in [5.74, 6) is 0.892. The van der Waals surface area contributed by atoms with Gasteiger partial charge in [-0.2, -0.15) is 0 Å². The quantitative estimate of drug-likeness (QED) is 0.616. The summed E-state index contributed by atoms with van der Waals surface area (Å²) in [6.07, 6.45) is 0.699. The SMILES string of the molecule is CC[C@@H](C)NS(=O)(=O)c1ccc(OCC(=O)N[C@@H](C)c2ccc(OC)cc2)cc1. The maximum absolute atomic E-state index is 12.3. The highest BCUT2D eigenvalue weighted by Gasteiger charge is 2.16. The molecular formula is C21H28N2O5S. The van der Waals surface area contributed by atoms with E-state index in [1.807, 2.05) is 38.1 Å². The lowest BCUT2D eigenvalue weighted by Gasteiger charge is -2.15. The van der Waals surface area contributed by atoms with Crippen LogP contribution in [0.5, 0.6) is 11.5 Å². The number of methoxy groups -OCH3 is 1. The summed E-state index contributed by atoms with van der Waals surface area (Å²) in [5, 5.41) is 2.86. The number of benzene rings is 2. The second kappa shape index (κ2) is 10.3. The fraction of sp³-hybridized carbons (Fsp3) is 0.381. The van der Waals surface area contributed by atoms with Gasteiger partial charge in [-0.1, -0.05) is 19.1 Å². The van der Waals surface area contributed by atoms with Crippen molar-refractivity contribution in [3.63, 3.8) is 0 Å². The zero-order valence-corrected chi connectivity index (χ0v) is 18.0. The first kappa shape index (κ1) is 22.7. The molecule has 0 radical (unpaired) electrons. The van der Waals surface area contributed by atoms with Crippen LogP contribution in [0.2, 0.25) is 0 Å². The zero-order valence-electron chi connectivity index (χ0n) is 17.1. The average Bonchev–Trinajstić information content (AvgIpc) is 2.72. The van der Waals surface area contributed by atoms with Gasteiger partial charge in [0.05, 0.1) is 18.0 Å². The first-order chi connectivity index (χ1) is 13.7. The molecular weight excluding hydrogens is 392 g/mol. The molecule has 0 aliphatic rings. The number of rotatable bonds is 10. The van der Waals surface area contributed by atoms with Gasteiger partial charge in [0.25, 0.3) is 5.91 Å². The van der Waals surface area contributed by atoms with Crippen molar-refractivity contribution in [2.24, 2.45) is 0 Å². The summed E-state index contributed by atoms with van der Waals surface area (Å²) < 4.78 is 37.7. The molecule has 0 aliphatic heterocycles. The van der Waals surface area contributed by atoms with E-state index in [0.717, 1.165) is 11.3 Å². The predicted octanol–water partition coefficient (Wildman–Crippen LogP) is 3.03. The van der Waals surface area contributed by atoms with E-state index in [1.54, 1.807) is 14.0 Å². The molecule has 2 N–H and O–H groups in total. The summed E-state index contributed by atoms with van der Waals surface area (Å²) in [6, 6.07) is 13.1. The van der Waals surface area contributed by atoms with Crippen LogP contribution in [0.25, 0.3) is 0 Å². The van der Waals surface area contributed by atoms with Crippen LogP contribution in [0.15, 0.2) is 53.4 Å². The Morgan fingerprint density at radius 3 is 2.14 bits per heavy atom. The van der Waals surface area contributed by atoms with Crippen molar-refractivity contribution in [3.8, 4) is 11.5 Å². The molecule has 0 bridgehead atoms. The van der Waals surface area contributed by atoms with Gasteiger partial charge in [-0.25, -0.2) is 13.1 Å². The van der Waals surface area contributed by atoms with Gasteiger partial charge < -0.3 is 14.8 Å². The minimum Gasteiger partial charge on any atom is -0.497 e. The maximum Gasteiger partial charge on any atom is 0.258 e. The highest BCUT2D eigenvalue weighted by Crippen LogP contribution is 2.18. The molecule has 29 heavy (non-hydrogen) atoms. The minimum absolute atomic E-state index is 0.146. The van der Waals surface area contributed by atoms with E-state index in [1.165, 1.54) is 24.3 Å². The zero-order chi connectivity index (χ0) is 21.4. The number of hydrogen-bond donors (Lipinski definition) is 2. The fourth-order valence-corrected chi connectivity index (χ4v) is 3.87. The molecule has 0 spiro atoms. The Morgan fingerprint density at radius 1 is 1.00 bits per heavy atom. The van der Waals surface area contributed by atoms with Crippen LogP contribution in [0.4, 0.5) is 0 Å². The van der Waals surface area contributed by atoms with E-state index < -0.39 is 10.0 Å². The highest BCUT2D eigenvalue weighted by molar-refractivity contribution is 7.89. The summed E-state index contributed by atoms with van der Waals surface area (Å²) in [7, 11) is -1.97. The lowest BCUT2D eigenvalue weighted by atomic mass is 10.1. The first-order valence-electron chi connectivity index (χ1n) is 9.43. The number of carbonyl (C=O) groups is 1. The lowest BCUT2D eigenvalue weighted by molar-refractivity contribution is -0.123. The smallest absolute Gasteiger partial charge is 0.258 e. The number of amides is 1. The van der Waals surface area contributed by atoms with E-state index in [2.05, 4.69) is 10.0 Å². The van der Waals surface area contributed by atoms with Crippen LogP contribution in [0.3, 0.4) is 0 Å². The molecule has 2 aromatic rings. The molecule has 2 rings (SSSR count). The minimum atomic E-state index is -3.57. The molecule has 0 fully saturated rings. The van der Waals surface area contributed by atoms with Crippen LogP contribution >= 0.6 is 0 Å². The standard InChI is InChI=1S/C21H28N2O5S/c1-5-15(2)23-29(25,26)20-12-10-19(11-13-20)28-14-21(24)22-16(3)17-6-8-18(27-4)9-7-17/h6-13,15-16,23H,5,14H2,1-4H3,(H,22,24)/t15-,16+/m1/s1. The third-order valence-corrected chi connectivity index (χ3v) is 6.07. The van der Waals surface area contributed by atoms with Crippen molar-refractivity contribution in [1.82, 2.24) is 10.0 Å². The molecule has 0 aliphatic carbocycles. The highest BCUT2D eigenvalue weighted by atomic mass is 32.2. The Bertz CT molecular complexity index is 896. The van der Waals surface area contributed by atoms with Crippen LogP contribution in [-0.4, -0.2) is 34.1 Å². The van der Waals surface area contributed by atoms with E-state index in [0.29, 0.717) is 12.2 Å². The normalized spacial score (nSPS) is 13.4. The van der Waals surface area contributed by atoms with Crippen molar-refractivity contribution < 1.29 is 22.7 Å². The Balaban J connectivity index is 1.88. The number of ether oxygens (including phenoxy) is 2. The molecule has 2 aromatic carbocycles. The molecule has 158 valence electrons. The predicted molar refractivity (Wildman–Crippen MR) is 112 cm³/mol. The Morgan fingerprint density at radius 2 is 1.59 bits per heavy atom. The molecule has 0 saturated carbocycles. The van der Waals surface area contributed by atoms with Gasteiger partial charge in [0.2, 0.25) is 10.0 Å². The molecule has 1 amide bonds. The fourth-order valence-electron chi connectivity index (χ4n) is 2.54. The molecule has 0 saturated heterocycles. The van der Waals surface area contributed by atoms with Crippen molar-refractivity contribution in [3.05, 3.63) is 54.1 Å². The van der Waals surface area contributed by atoms with E-state index in [4.69, 9.17) is 9.47 Å². The molecule has 7 nitrogen and oxygen atoms in total. The average molecular weight is 421 g/mol. The monoisotopic (exact) mass is 420 g/mol. The van der Waals surface area contributed by atoms with E-state index in [-0.39, 0.29) is 29.5 Å².